The number of sulfone groups is 1. The monoisotopic (exact) mass is 442 g/mol. The molecule has 2 aliphatic heterocycles. The molecule has 0 aromatic heterocycles. The van der Waals surface area contributed by atoms with Gasteiger partial charge in [-0.05, 0) is 80.7 Å². The van der Waals surface area contributed by atoms with Crippen LogP contribution in [0.4, 0.5) is 0 Å². The molecule has 7 heteroatoms. The first kappa shape index (κ1) is 21.8. The predicted octanol–water partition coefficient (Wildman–Crippen LogP) is 3.37. The molecule has 0 aliphatic carbocycles. The summed E-state index contributed by atoms with van der Waals surface area (Å²) >= 11 is 0. The summed E-state index contributed by atoms with van der Waals surface area (Å²) in [4.78, 5) is 17.9. The van der Waals surface area contributed by atoms with E-state index in [1.807, 2.05) is 29.2 Å². The number of likely N-dealkylation sites (tertiary alicyclic amines) is 2. The second-order valence-electron chi connectivity index (χ2n) is 8.53. The Kier molecular flexibility index (Phi) is 6.62. The Morgan fingerprint density at radius 1 is 0.968 bits per heavy atom. The molecule has 166 valence electrons. The zero-order valence-electron chi connectivity index (χ0n) is 18.0. The van der Waals surface area contributed by atoms with Gasteiger partial charge in [-0.2, -0.15) is 0 Å². The number of hydrogen-bond acceptors (Lipinski definition) is 5. The molecule has 0 saturated carbocycles. The topological polar surface area (TPSA) is 66.9 Å². The largest absolute Gasteiger partial charge is 0.489 e. The summed E-state index contributed by atoms with van der Waals surface area (Å²) in [7, 11) is -3.20. The SMILES string of the molecule is CS(=O)(=O)c1ccc(COc2ccc(C(=O)N3CCCC3CN3CCCC3)cc2)cc1. The van der Waals surface area contributed by atoms with Crippen molar-refractivity contribution < 1.29 is 17.9 Å². The van der Waals surface area contributed by atoms with Crippen LogP contribution in [-0.4, -0.2) is 62.6 Å². The van der Waals surface area contributed by atoms with Crippen molar-refractivity contribution >= 4 is 15.7 Å². The molecule has 2 fully saturated rings. The predicted molar refractivity (Wildman–Crippen MR) is 120 cm³/mol. The van der Waals surface area contributed by atoms with Gasteiger partial charge in [0.05, 0.1) is 4.90 Å². The van der Waals surface area contributed by atoms with Gasteiger partial charge in [0, 0.05) is 31.0 Å². The first-order valence-corrected chi connectivity index (χ1v) is 12.8. The van der Waals surface area contributed by atoms with Gasteiger partial charge in [-0.25, -0.2) is 8.42 Å². The molecule has 1 amide bonds. The smallest absolute Gasteiger partial charge is 0.254 e. The Morgan fingerprint density at radius 3 is 2.29 bits per heavy atom. The molecule has 1 unspecified atom stereocenters. The highest BCUT2D eigenvalue weighted by Gasteiger charge is 2.31. The highest BCUT2D eigenvalue weighted by molar-refractivity contribution is 7.90. The molecule has 2 heterocycles. The summed E-state index contributed by atoms with van der Waals surface area (Å²) in [5.74, 6) is 0.781. The molecule has 2 aliphatic rings. The van der Waals surface area contributed by atoms with Crippen LogP contribution in [-0.2, 0) is 16.4 Å². The van der Waals surface area contributed by atoms with E-state index in [-0.39, 0.29) is 5.91 Å². The molecule has 2 saturated heterocycles. The number of carbonyl (C=O) groups excluding carboxylic acids is 1. The number of hydrogen-bond donors (Lipinski definition) is 0. The first-order chi connectivity index (χ1) is 14.9. The van der Waals surface area contributed by atoms with Crippen molar-refractivity contribution in [3.05, 3.63) is 59.7 Å². The standard InChI is InChI=1S/C24H30N2O4S/c1-31(28,29)23-12-6-19(7-13-23)18-30-22-10-8-20(9-11-22)24(27)26-16-4-5-21(26)17-25-14-2-3-15-25/h6-13,21H,2-5,14-18H2,1H3. The molecule has 0 radical (unpaired) electrons. The van der Waals surface area contributed by atoms with Crippen LogP contribution < -0.4 is 4.74 Å². The van der Waals surface area contributed by atoms with Crippen LogP contribution in [0.2, 0.25) is 0 Å². The van der Waals surface area contributed by atoms with Crippen molar-refractivity contribution in [2.75, 3.05) is 32.4 Å². The van der Waals surface area contributed by atoms with E-state index >= 15 is 0 Å². The summed E-state index contributed by atoms with van der Waals surface area (Å²) in [6.07, 6.45) is 5.89. The lowest BCUT2D eigenvalue weighted by molar-refractivity contribution is 0.0708. The number of nitrogens with zero attached hydrogens (tertiary/aromatic N) is 2. The fourth-order valence-electron chi connectivity index (χ4n) is 4.42. The summed E-state index contributed by atoms with van der Waals surface area (Å²) in [6.45, 7) is 4.47. The van der Waals surface area contributed by atoms with Crippen LogP contribution >= 0.6 is 0 Å². The van der Waals surface area contributed by atoms with E-state index in [4.69, 9.17) is 4.74 Å². The molecule has 2 aromatic carbocycles. The van der Waals surface area contributed by atoms with E-state index in [0.717, 1.165) is 44.6 Å². The first-order valence-electron chi connectivity index (χ1n) is 11.0. The zero-order chi connectivity index (χ0) is 21.8. The van der Waals surface area contributed by atoms with Gasteiger partial charge in [-0.1, -0.05) is 12.1 Å². The van der Waals surface area contributed by atoms with Crippen LogP contribution in [0.15, 0.2) is 53.4 Å². The molecule has 31 heavy (non-hydrogen) atoms. The number of amides is 1. The van der Waals surface area contributed by atoms with Crippen LogP contribution in [0.1, 0.15) is 41.6 Å². The average Bonchev–Trinajstić information content (AvgIpc) is 3.44. The quantitative estimate of drug-likeness (QED) is 0.658. The van der Waals surface area contributed by atoms with Crippen LogP contribution in [0.3, 0.4) is 0 Å². The van der Waals surface area contributed by atoms with E-state index in [2.05, 4.69) is 4.90 Å². The highest BCUT2D eigenvalue weighted by atomic mass is 32.2. The number of carbonyl (C=O) groups is 1. The van der Waals surface area contributed by atoms with E-state index in [0.29, 0.717) is 28.9 Å². The minimum Gasteiger partial charge on any atom is -0.489 e. The molecular weight excluding hydrogens is 412 g/mol. The molecule has 0 spiro atoms. The summed E-state index contributed by atoms with van der Waals surface area (Å²) in [5, 5.41) is 0. The van der Waals surface area contributed by atoms with Gasteiger partial charge >= 0.3 is 0 Å². The minimum absolute atomic E-state index is 0.101. The molecular formula is C24H30N2O4S. The lowest BCUT2D eigenvalue weighted by atomic mass is 10.1. The van der Waals surface area contributed by atoms with E-state index < -0.39 is 9.84 Å². The molecule has 4 rings (SSSR count). The van der Waals surface area contributed by atoms with Gasteiger partial charge in [-0.15, -0.1) is 0 Å². The second-order valence-corrected chi connectivity index (χ2v) is 10.5. The maximum absolute atomic E-state index is 13.1. The van der Waals surface area contributed by atoms with Gasteiger partial charge in [0.1, 0.15) is 12.4 Å². The molecule has 0 N–H and O–H groups in total. The maximum atomic E-state index is 13.1. The van der Waals surface area contributed by atoms with E-state index in [9.17, 15) is 13.2 Å². The maximum Gasteiger partial charge on any atom is 0.254 e. The van der Waals surface area contributed by atoms with Crippen LogP contribution in [0, 0.1) is 0 Å². The average molecular weight is 443 g/mol. The van der Waals surface area contributed by atoms with Crippen LogP contribution in [0.5, 0.6) is 5.75 Å². The zero-order valence-corrected chi connectivity index (χ0v) is 18.8. The third-order valence-electron chi connectivity index (χ3n) is 6.16. The Labute approximate surface area is 184 Å². The molecule has 1 atom stereocenters. The van der Waals surface area contributed by atoms with Crippen molar-refractivity contribution in [3.63, 3.8) is 0 Å². The second kappa shape index (κ2) is 9.40. The normalized spacial score (nSPS) is 19.6. The van der Waals surface area contributed by atoms with Gasteiger partial charge in [0.25, 0.3) is 5.91 Å². The molecule has 2 aromatic rings. The summed E-state index contributed by atoms with van der Waals surface area (Å²) < 4.78 is 28.9. The highest BCUT2D eigenvalue weighted by Crippen LogP contribution is 2.24. The number of benzene rings is 2. The van der Waals surface area contributed by atoms with E-state index in [1.165, 1.54) is 19.1 Å². The third-order valence-corrected chi connectivity index (χ3v) is 7.29. The van der Waals surface area contributed by atoms with Crippen molar-refractivity contribution in [2.45, 2.75) is 43.2 Å². The van der Waals surface area contributed by atoms with Crippen LogP contribution in [0.25, 0.3) is 0 Å². The van der Waals surface area contributed by atoms with Gasteiger partial charge < -0.3 is 14.5 Å². The van der Waals surface area contributed by atoms with Gasteiger partial charge in [-0.3, -0.25) is 4.79 Å². The van der Waals surface area contributed by atoms with Crippen molar-refractivity contribution in [2.24, 2.45) is 0 Å². The number of rotatable bonds is 7. The van der Waals surface area contributed by atoms with Gasteiger partial charge in [0.2, 0.25) is 0 Å². The Morgan fingerprint density at radius 2 is 1.65 bits per heavy atom. The van der Waals surface area contributed by atoms with Gasteiger partial charge in [0.15, 0.2) is 9.84 Å². The lowest BCUT2D eigenvalue weighted by Gasteiger charge is -2.28. The Hall–Kier alpha value is -2.38. The summed E-state index contributed by atoms with van der Waals surface area (Å²) in [5.41, 5.74) is 1.58. The van der Waals surface area contributed by atoms with Crippen molar-refractivity contribution in [1.29, 1.82) is 0 Å². The van der Waals surface area contributed by atoms with Crippen molar-refractivity contribution in [1.82, 2.24) is 9.80 Å². The fourth-order valence-corrected chi connectivity index (χ4v) is 5.05. The lowest BCUT2D eigenvalue weighted by Crippen LogP contribution is -2.42. The Bertz CT molecular complexity index is 997. The molecule has 0 bridgehead atoms. The fraction of sp³-hybridized carbons (Fsp3) is 0.458. The number of ether oxygens (including phenoxy) is 1. The Balaban J connectivity index is 1.33. The van der Waals surface area contributed by atoms with E-state index in [1.54, 1.807) is 24.3 Å². The minimum atomic E-state index is -3.20. The third kappa shape index (κ3) is 5.46. The van der Waals surface area contributed by atoms with Crippen molar-refractivity contribution in [3.8, 4) is 5.75 Å². The molecule has 6 nitrogen and oxygen atoms in total. The summed E-state index contributed by atoms with van der Waals surface area (Å²) in [6, 6.07) is 14.3.